The van der Waals surface area contributed by atoms with Crippen molar-refractivity contribution in [3.63, 3.8) is 0 Å². The zero-order valence-corrected chi connectivity index (χ0v) is 17.7. The molecule has 3 heterocycles. The highest BCUT2D eigenvalue weighted by Crippen LogP contribution is 2.32. The van der Waals surface area contributed by atoms with E-state index in [9.17, 15) is 14.4 Å². The first-order chi connectivity index (χ1) is 14.9. The molecule has 2 N–H and O–H groups in total. The summed E-state index contributed by atoms with van der Waals surface area (Å²) in [6.07, 6.45) is 3.34. The minimum Gasteiger partial charge on any atom is -0.422 e. The molecule has 0 aliphatic heterocycles. The Morgan fingerprint density at radius 1 is 1.10 bits per heavy atom. The first-order valence-corrected chi connectivity index (χ1v) is 10.4. The molecule has 8 heteroatoms. The SMILES string of the molecule is Cc1sc(NC(=O)c2cc3ccccc3oc2=O)c(C(=O)NCc2cccnc2)c1C. The number of thiophene rings is 1. The van der Waals surface area contributed by atoms with Gasteiger partial charge in [0, 0.05) is 29.2 Å². The Morgan fingerprint density at radius 2 is 1.90 bits per heavy atom. The van der Waals surface area contributed by atoms with Crippen molar-refractivity contribution in [1.82, 2.24) is 10.3 Å². The lowest BCUT2D eigenvalue weighted by Crippen LogP contribution is -2.26. The van der Waals surface area contributed by atoms with E-state index in [1.165, 1.54) is 17.4 Å². The number of hydrogen-bond donors (Lipinski definition) is 2. The van der Waals surface area contributed by atoms with E-state index < -0.39 is 11.5 Å². The monoisotopic (exact) mass is 433 g/mol. The van der Waals surface area contributed by atoms with Crippen LogP contribution < -0.4 is 16.3 Å². The third-order valence-corrected chi connectivity index (χ3v) is 6.02. The van der Waals surface area contributed by atoms with E-state index in [4.69, 9.17) is 4.42 Å². The molecule has 4 aromatic rings. The quantitative estimate of drug-likeness (QED) is 0.463. The lowest BCUT2D eigenvalue weighted by Gasteiger charge is -2.09. The number of anilines is 1. The highest BCUT2D eigenvalue weighted by molar-refractivity contribution is 7.16. The summed E-state index contributed by atoms with van der Waals surface area (Å²) < 4.78 is 5.25. The number of nitrogens with zero attached hydrogens (tertiary/aromatic N) is 1. The number of carbonyl (C=O) groups excluding carboxylic acids is 2. The maximum atomic E-state index is 12.9. The number of aromatic nitrogens is 1. The summed E-state index contributed by atoms with van der Waals surface area (Å²) in [5, 5.41) is 6.60. The number of para-hydroxylation sites is 1. The average Bonchev–Trinajstić information content (AvgIpc) is 3.05. The summed E-state index contributed by atoms with van der Waals surface area (Å²) in [5.74, 6) is -0.936. The molecule has 3 aromatic heterocycles. The van der Waals surface area contributed by atoms with Crippen LogP contribution in [0, 0.1) is 13.8 Å². The van der Waals surface area contributed by atoms with Crippen molar-refractivity contribution >= 4 is 39.1 Å². The van der Waals surface area contributed by atoms with E-state index in [0.29, 0.717) is 28.1 Å². The van der Waals surface area contributed by atoms with E-state index in [0.717, 1.165) is 16.0 Å². The molecule has 0 saturated carbocycles. The predicted octanol–water partition coefficient (Wildman–Crippen LogP) is 4.05. The Kier molecular flexibility index (Phi) is 5.64. The molecule has 0 unspecified atom stereocenters. The molecule has 31 heavy (non-hydrogen) atoms. The number of benzene rings is 1. The van der Waals surface area contributed by atoms with Crippen LogP contribution in [-0.2, 0) is 6.54 Å². The summed E-state index contributed by atoms with van der Waals surface area (Å²) >= 11 is 1.29. The molecular formula is C23H19N3O4S. The molecule has 1 aromatic carbocycles. The van der Waals surface area contributed by atoms with Gasteiger partial charge in [-0.1, -0.05) is 24.3 Å². The van der Waals surface area contributed by atoms with Crippen molar-refractivity contribution in [2.24, 2.45) is 0 Å². The van der Waals surface area contributed by atoms with Gasteiger partial charge >= 0.3 is 5.63 Å². The number of amides is 2. The van der Waals surface area contributed by atoms with Crippen molar-refractivity contribution in [2.75, 3.05) is 5.32 Å². The molecule has 0 radical (unpaired) electrons. The van der Waals surface area contributed by atoms with E-state index in [1.807, 2.05) is 19.9 Å². The molecule has 0 saturated heterocycles. The molecule has 0 fully saturated rings. The molecule has 156 valence electrons. The van der Waals surface area contributed by atoms with Gasteiger partial charge in [-0.15, -0.1) is 11.3 Å². The molecule has 4 rings (SSSR count). The van der Waals surface area contributed by atoms with Crippen LogP contribution in [0.15, 0.2) is 64.1 Å². The smallest absolute Gasteiger partial charge is 0.349 e. The molecule has 0 spiro atoms. The maximum Gasteiger partial charge on any atom is 0.349 e. The molecular weight excluding hydrogens is 414 g/mol. The molecule has 7 nitrogen and oxygen atoms in total. The summed E-state index contributed by atoms with van der Waals surface area (Å²) in [6.45, 7) is 4.01. The van der Waals surface area contributed by atoms with Crippen LogP contribution in [0.2, 0.25) is 0 Å². The van der Waals surface area contributed by atoms with E-state index in [1.54, 1.807) is 42.7 Å². The van der Waals surface area contributed by atoms with Crippen molar-refractivity contribution in [3.05, 3.63) is 92.4 Å². The van der Waals surface area contributed by atoms with Gasteiger partial charge in [0.25, 0.3) is 11.8 Å². The average molecular weight is 433 g/mol. The minimum absolute atomic E-state index is 0.121. The maximum absolute atomic E-state index is 12.9. The van der Waals surface area contributed by atoms with Gasteiger partial charge in [-0.05, 0) is 43.2 Å². The minimum atomic E-state index is -0.733. The van der Waals surface area contributed by atoms with Crippen molar-refractivity contribution in [1.29, 1.82) is 0 Å². The fourth-order valence-electron chi connectivity index (χ4n) is 3.15. The Morgan fingerprint density at radius 3 is 2.68 bits per heavy atom. The van der Waals surface area contributed by atoms with Gasteiger partial charge in [-0.25, -0.2) is 4.79 Å². The number of nitrogens with one attached hydrogen (secondary N) is 2. The van der Waals surface area contributed by atoms with Crippen LogP contribution in [0.25, 0.3) is 11.0 Å². The van der Waals surface area contributed by atoms with Gasteiger partial charge < -0.3 is 15.1 Å². The van der Waals surface area contributed by atoms with E-state index >= 15 is 0 Å². The number of pyridine rings is 1. The second-order valence-electron chi connectivity index (χ2n) is 6.97. The lowest BCUT2D eigenvalue weighted by molar-refractivity contribution is 0.0951. The largest absolute Gasteiger partial charge is 0.422 e. The number of aryl methyl sites for hydroxylation is 1. The Labute approximate surface area is 181 Å². The van der Waals surface area contributed by atoms with Crippen LogP contribution in [0.4, 0.5) is 5.00 Å². The summed E-state index contributed by atoms with van der Waals surface area (Å²) in [4.78, 5) is 43.0. The van der Waals surface area contributed by atoms with Crippen LogP contribution in [0.1, 0.15) is 36.7 Å². The highest BCUT2D eigenvalue weighted by atomic mass is 32.1. The Hall–Kier alpha value is -3.78. The van der Waals surface area contributed by atoms with Gasteiger partial charge in [0.2, 0.25) is 0 Å². The Balaban J connectivity index is 1.60. The van der Waals surface area contributed by atoms with Gasteiger partial charge in [-0.2, -0.15) is 0 Å². The van der Waals surface area contributed by atoms with Crippen LogP contribution >= 0.6 is 11.3 Å². The third kappa shape index (κ3) is 4.24. The number of rotatable bonds is 5. The summed E-state index contributed by atoms with van der Waals surface area (Å²) in [5.41, 5.74) is 1.56. The Bertz CT molecular complexity index is 1340. The zero-order valence-electron chi connectivity index (χ0n) is 16.9. The van der Waals surface area contributed by atoms with Crippen molar-refractivity contribution < 1.29 is 14.0 Å². The first kappa shape index (κ1) is 20.5. The second kappa shape index (κ2) is 8.53. The number of carbonyl (C=O) groups is 2. The van der Waals surface area contributed by atoms with Crippen LogP contribution in [0.3, 0.4) is 0 Å². The van der Waals surface area contributed by atoms with Gasteiger partial charge in [0.15, 0.2) is 0 Å². The third-order valence-electron chi connectivity index (χ3n) is 4.90. The normalized spacial score (nSPS) is 10.8. The fourth-order valence-corrected chi connectivity index (χ4v) is 4.21. The zero-order chi connectivity index (χ0) is 22.0. The molecule has 2 amide bonds. The predicted molar refractivity (Wildman–Crippen MR) is 120 cm³/mol. The lowest BCUT2D eigenvalue weighted by atomic mass is 10.1. The molecule has 0 bridgehead atoms. The molecule has 0 atom stereocenters. The van der Waals surface area contributed by atoms with Crippen LogP contribution in [0.5, 0.6) is 0 Å². The van der Waals surface area contributed by atoms with E-state index in [2.05, 4.69) is 15.6 Å². The number of hydrogen-bond acceptors (Lipinski definition) is 6. The highest BCUT2D eigenvalue weighted by Gasteiger charge is 2.23. The summed E-state index contributed by atoms with van der Waals surface area (Å²) in [6, 6.07) is 12.1. The van der Waals surface area contributed by atoms with Gasteiger partial charge in [-0.3, -0.25) is 14.6 Å². The topological polar surface area (TPSA) is 101 Å². The van der Waals surface area contributed by atoms with E-state index in [-0.39, 0.29) is 11.5 Å². The van der Waals surface area contributed by atoms with Gasteiger partial charge in [0.05, 0.1) is 5.56 Å². The van der Waals surface area contributed by atoms with Crippen molar-refractivity contribution in [2.45, 2.75) is 20.4 Å². The second-order valence-corrected chi connectivity index (χ2v) is 8.20. The standard InChI is InChI=1S/C23H19N3O4S/c1-13-14(2)31-22(19(13)21(28)25-12-15-6-5-9-24-11-15)26-20(27)17-10-16-7-3-4-8-18(16)30-23(17)29/h3-11H,12H2,1-2H3,(H,25,28)(H,26,27). The number of fused-ring (bicyclic) bond motifs is 1. The van der Waals surface area contributed by atoms with Crippen LogP contribution in [-0.4, -0.2) is 16.8 Å². The fraction of sp³-hybridized carbons (Fsp3) is 0.130. The molecule has 0 aliphatic rings. The van der Waals surface area contributed by atoms with Crippen molar-refractivity contribution in [3.8, 4) is 0 Å². The molecule has 0 aliphatic carbocycles. The summed E-state index contributed by atoms with van der Waals surface area (Å²) in [7, 11) is 0. The first-order valence-electron chi connectivity index (χ1n) is 9.55. The van der Waals surface area contributed by atoms with Gasteiger partial charge in [0.1, 0.15) is 16.1 Å².